The number of alkyl carbamates (subject to hydrolysis) is 1. The van der Waals surface area contributed by atoms with E-state index in [9.17, 15) is 14.4 Å². The molecule has 2 aromatic carbocycles. The lowest BCUT2D eigenvalue weighted by Gasteiger charge is -2.31. The molecule has 0 aliphatic heterocycles. The summed E-state index contributed by atoms with van der Waals surface area (Å²) < 4.78 is 5.59. The molecule has 0 bridgehead atoms. The molecule has 1 aliphatic carbocycles. The van der Waals surface area contributed by atoms with Gasteiger partial charge in [0, 0.05) is 17.5 Å². The fourth-order valence-electron chi connectivity index (χ4n) is 5.10. The molecule has 0 heterocycles. The van der Waals surface area contributed by atoms with E-state index in [0.717, 1.165) is 35.1 Å². The molecule has 7 heteroatoms. The number of ether oxygens (including phenoxy) is 1. The monoisotopic (exact) mass is 520 g/mol. The van der Waals surface area contributed by atoms with Crippen LogP contribution in [0, 0.1) is 11.8 Å². The van der Waals surface area contributed by atoms with E-state index in [4.69, 9.17) is 9.84 Å². The second-order valence-electron chi connectivity index (χ2n) is 10.4. The maximum atomic E-state index is 13.0. The number of amides is 2. The molecule has 0 spiro atoms. The van der Waals surface area contributed by atoms with Gasteiger partial charge in [0.25, 0.3) is 0 Å². The Morgan fingerprint density at radius 3 is 2.08 bits per heavy atom. The summed E-state index contributed by atoms with van der Waals surface area (Å²) in [5, 5.41) is 14.8. The third-order valence-electron chi connectivity index (χ3n) is 7.66. The quantitative estimate of drug-likeness (QED) is 0.303. The molecule has 4 atom stereocenters. The van der Waals surface area contributed by atoms with Gasteiger partial charge in [0.15, 0.2) is 0 Å². The molecule has 0 saturated carbocycles. The summed E-state index contributed by atoms with van der Waals surface area (Å²) in [6.07, 6.45) is 3.34. The topological polar surface area (TPSA) is 105 Å². The van der Waals surface area contributed by atoms with Crippen molar-refractivity contribution >= 4 is 18.0 Å². The minimum atomic E-state index is -0.919. The molecule has 0 unspecified atom stereocenters. The van der Waals surface area contributed by atoms with E-state index >= 15 is 0 Å². The fraction of sp³-hybridized carbons (Fsp3) is 0.452. The first-order chi connectivity index (χ1) is 18.1. The standard InChI is InChI=1S/C31H40N2O5/c1-6-19(2)28(20(3)12-11-13-21(4)30(35)36)33-29(34)22(5)32-31(37)38-18-27-25-16-9-7-14-23(25)24-15-8-10-17-26(24)27/h7-10,13-17,19-20,22,27-28H,6,11-12,18H2,1-5H3,(H,32,37)(H,33,34)(H,35,36)/b21-13+/t19-,20-,22+,28+/m0/s1. The lowest BCUT2D eigenvalue weighted by atomic mass is 9.85. The van der Waals surface area contributed by atoms with Crippen molar-refractivity contribution in [2.24, 2.45) is 11.8 Å². The van der Waals surface area contributed by atoms with Crippen LogP contribution in [0.2, 0.25) is 0 Å². The number of carboxylic acids is 1. The summed E-state index contributed by atoms with van der Waals surface area (Å²) in [4.78, 5) is 36.7. The van der Waals surface area contributed by atoms with E-state index < -0.39 is 18.1 Å². The van der Waals surface area contributed by atoms with Crippen LogP contribution in [0.5, 0.6) is 0 Å². The van der Waals surface area contributed by atoms with Gasteiger partial charge in [-0.05, 0) is 60.8 Å². The van der Waals surface area contributed by atoms with Crippen molar-refractivity contribution in [1.29, 1.82) is 0 Å². The number of rotatable bonds is 12. The highest BCUT2D eigenvalue weighted by Gasteiger charge is 2.30. The lowest BCUT2D eigenvalue weighted by Crippen LogP contribution is -2.51. The Bertz CT molecular complexity index is 1130. The number of hydrogen-bond acceptors (Lipinski definition) is 4. The van der Waals surface area contributed by atoms with Crippen LogP contribution in [0.25, 0.3) is 11.1 Å². The van der Waals surface area contributed by atoms with Crippen LogP contribution in [-0.4, -0.2) is 41.8 Å². The number of carboxylic acid groups (broad SMARTS) is 1. The first-order valence-electron chi connectivity index (χ1n) is 13.5. The predicted molar refractivity (Wildman–Crippen MR) is 149 cm³/mol. The average Bonchev–Trinajstić information content (AvgIpc) is 3.23. The summed E-state index contributed by atoms with van der Waals surface area (Å²) in [7, 11) is 0. The number of fused-ring (bicyclic) bond motifs is 3. The molecule has 0 fully saturated rings. The Labute approximate surface area is 225 Å². The first-order valence-corrected chi connectivity index (χ1v) is 13.5. The van der Waals surface area contributed by atoms with E-state index in [2.05, 4.69) is 55.7 Å². The minimum Gasteiger partial charge on any atom is -0.478 e. The van der Waals surface area contributed by atoms with E-state index in [1.807, 2.05) is 24.3 Å². The third-order valence-corrected chi connectivity index (χ3v) is 7.66. The molecule has 2 aromatic rings. The minimum absolute atomic E-state index is 0.0493. The van der Waals surface area contributed by atoms with Crippen LogP contribution >= 0.6 is 0 Å². The largest absolute Gasteiger partial charge is 0.478 e. The Balaban J connectivity index is 1.55. The molecular formula is C31H40N2O5. The van der Waals surface area contributed by atoms with Crippen LogP contribution in [0.15, 0.2) is 60.2 Å². The summed E-state index contributed by atoms with van der Waals surface area (Å²) in [5.41, 5.74) is 4.90. The summed E-state index contributed by atoms with van der Waals surface area (Å²) in [6, 6.07) is 15.4. The van der Waals surface area contributed by atoms with Crippen molar-refractivity contribution in [2.45, 2.75) is 71.9 Å². The highest BCUT2D eigenvalue weighted by atomic mass is 16.5. The van der Waals surface area contributed by atoms with Gasteiger partial charge in [0.05, 0.1) is 0 Å². The van der Waals surface area contributed by atoms with Crippen molar-refractivity contribution < 1.29 is 24.2 Å². The predicted octanol–water partition coefficient (Wildman–Crippen LogP) is 5.89. The smallest absolute Gasteiger partial charge is 0.407 e. The van der Waals surface area contributed by atoms with Crippen LogP contribution in [0.3, 0.4) is 0 Å². The maximum Gasteiger partial charge on any atom is 0.407 e. The van der Waals surface area contributed by atoms with Gasteiger partial charge in [-0.3, -0.25) is 4.79 Å². The SMILES string of the molecule is CC[C@H](C)[C@@H](NC(=O)[C@@H](C)NC(=O)OCC1c2ccccc2-c2ccccc21)[C@@H](C)CC/C=C(\C)C(=O)O. The third kappa shape index (κ3) is 7.03. The van der Waals surface area contributed by atoms with Crippen molar-refractivity contribution in [3.8, 4) is 11.1 Å². The molecular weight excluding hydrogens is 480 g/mol. The summed E-state index contributed by atoms with van der Waals surface area (Å²) in [5.74, 6) is -0.884. The highest BCUT2D eigenvalue weighted by Crippen LogP contribution is 2.44. The molecule has 3 rings (SSSR count). The molecule has 2 amide bonds. The fourth-order valence-corrected chi connectivity index (χ4v) is 5.10. The van der Waals surface area contributed by atoms with Gasteiger partial charge in [-0.2, -0.15) is 0 Å². The van der Waals surface area contributed by atoms with Crippen LogP contribution in [0.4, 0.5) is 4.79 Å². The van der Waals surface area contributed by atoms with Crippen LogP contribution < -0.4 is 10.6 Å². The van der Waals surface area contributed by atoms with E-state index in [0.29, 0.717) is 12.0 Å². The van der Waals surface area contributed by atoms with Crippen molar-refractivity contribution in [1.82, 2.24) is 10.6 Å². The second-order valence-corrected chi connectivity index (χ2v) is 10.4. The number of hydrogen-bond donors (Lipinski definition) is 3. The Morgan fingerprint density at radius 1 is 0.947 bits per heavy atom. The highest BCUT2D eigenvalue weighted by molar-refractivity contribution is 5.86. The van der Waals surface area contributed by atoms with Crippen LogP contribution in [-0.2, 0) is 14.3 Å². The van der Waals surface area contributed by atoms with E-state index in [-0.39, 0.29) is 36.3 Å². The Kier molecular flexibility index (Phi) is 10.1. The molecule has 38 heavy (non-hydrogen) atoms. The molecule has 1 aliphatic rings. The number of benzene rings is 2. The second kappa shape index (κ2) is 13.3. The number of aliphatic carboxylic acids is 1. The van der Waals surface area contributed by atoms with Gasteiger partial charge in [-0.1, -0.05) is 81.8 Å². The van der Waals surface area contributed by atoms with Crippen molar-refractivity contribution in [2.75, 3.05) is 6.61 Å². The molecule has 0 aromatic heterocycles. The number of nitrogens with one attached hydrogen (secondary N) is 2. The van der Waals surface area contributed by atoms with Gasteiger partial charge >= 0.3 is 12.1 Å². The molecule has 0 saturated heterocycles. The Hall–Kier alpha value is -3.61. The van der Waals surface area contributed by atoms with Gasteiger partial charge in [0.1, 0.15) is 12.6 Å². The normalized spacial score (nSPS) is 16.0. The zero-order valence-electron chi connectivity index (χ0n) is 23.0. The lowest BCUT2D eigenvalue weighted by molar-refractivity contribution is -0.132. The zero-order chi connectivity index (χ0) is 27.8. The van der Waals surface area contributed by atoms with Gasteiger partial charge in [0.2, 0.25) is 5.91 Å². The summed E-state index contributed by atoms with van der Waals surface area (Å²) in [6.45, 7) is 9.63. The van der Waals surface area contributed by atoms with E-state index in [1.165, 1.54) is 0 Å². The average molecular weight is 521 g/mol. The Morgan fingerprint density at radius 2 is 1.53 bits per heavy atom. The van der Waals surface area contributed by atoms with Gasteiger partial charge < -0.3 is 20.5 Å². The van der Waals surface area contributed by atoms with E-state index in [1.54, 1.807) is 19.9 Å². The zero-order valence-corrected chi connectivity index (χ0v) is 23.0. The molecule has 7 nitrogen and oxygen atoms in total. The maximum absolute atomic E-state index is 13.0. The molecule has 3 N–H and O–H groups in total. The number of carbonyl (C=O) groups excluding carboxylic acids is 2. The van der Waals surface area contributed by atoms with Crippen molar-refractivity contribution in [3.05, 3.63) is 71.3 Å². The molecule has 0 radical (unpaired) electrons. The van der Waals surface area contributed by atoms with Crippen LogP contribution in [0.1, 0.15) is 70.9 Å². The van der Waals surface area contributed by atoms with Gasteiger partial charge in [-0.15, -0.1) is 0 Å². The summed E-state index contributed by atoms with van der Waals surface area (Å²) >= 11 is 0. The number of carbonyl (C=O) groups is 3. The molecule has 204 valence electrons. The number of allylic oxidation sites excluding steroid dienone is 1. The van der Waals surface area contributed by atoms with Crippen molar-refractivity contribution in [3.63, 3.8) is 0 Å². The van der Waals surface area contributed by atoms with Gasteiger partial charge in [-0.25, -0.2) is 9.59 Å². The first kappa shape index (κ1) is 29.0.